The molecular formula is C48H45B5ClN. The maximum absolute atomic E-state index is 7.73. The number of hydrogen-bond acceptors (Lipinski definition) is 1. The molecule has 0 spiro atoms. The third-order valence-corrected chi connectivity index (χ3v) is 10.9. The normalized spacial score (nSPS) is 12.2. The summed E-state index contributed by atoms with van der Waals surface area (Å²) < 4.78 is 0. The van der Waals surface area contributed by atoms with Gasteiger partial charge >= 0.3 is 0 Å². The average molecular weight is 725 g/mol. The van der Waals surface area contributed by atoms with Crippen LogP contribution in [0.1, 0.15) is 79.0 Å². The van der Waals surface area contributed by atoms with Crippen molar-refractivity contribution >= 4 is 95.2 Å². The predicted molar refractivity (Wildman–Crippen MR) is 245 cm³/mol. The molecule has 6 rings (SSSR count). The second kappa shape index (κ2) is 15.0. The number of hydrogen-bond donors (Lipinski definition) is 0. The molecule has 6 aromatic carbocycles. The molecule has 264 valence electrons. The lowest BCUT2D eigenvalue weighted by atomic mass is 9.59. The smallest absolute Gasteiger partial charge is 0.113 e. The van der Waals surface area contributed by atoms with E-state index in [1.807, 2.05) is 18.2 Å². The largest absolute Gasteiger partial charge is 0.308 e. The van der Waals surface area contributed by atoms with E-state index >= 15 is 0 Å². The molecule has 55 heavy (non-hydrogen) atoms. The summed E-state index contributed by atoms with van der Waals surface area (Å²) in [5, 5.41) is 0.555. The van der Waals surface area contributed by atoms with E-state index in [4.69, 9.17) is 50.8 Å². The molecule has 6 aromatic rings. The Morgan fingerprint density at radius 3 is 1.38 bits per heavy atom. The van der Waals surface area contributed by atoms with Crippen molar-refractivity contribution in [2.45, 2.75) is 78.6 Å². The second-order valence-electron chi connectivity index (χ2n) is 17.6. The van der Waals surface area contributed by atoms with Crippen LogP contribution in [0.4, 0.5) is 17.1 Å². The highest BCUT2D eigenvalue weighted by Crippen LogP contribution is 2.49. The van der Waals surface area contributed by atoms with Crippen LogP contribution in [0.5, 0.6) is 0 Å². The Hall–Kier alpha value is -4.27. The van der Waals surface area contributed by atoms with Crippen LogP contribution in [-0.2, 0) is 16.2 Å². The van der Waals surface area contributed by atoms with Gasteiger partial charge in [-0.3, -0.25) is 0 Å². The van der Waals surface area contributed by atoms with E-state index in [2.05, 4.69) is 158 Å². The zero-order chi connectivity index (χ0) is 40.2. The molecule has 0 saturated heterocycles. The quantitative estimate of drug-likeness (QED) is 0.156. The molecule has 10 radical (unpaired) electrons. The Balaban J connectivity index is 1.75. The van der Waals surface area contributed by atoms with Crippen LogP contribution < -0.4 is 32.2 Å². The van der Waals surface area contributed by atoms with E-state index in [1.165, 1.54) is 16.7 Å². The Kier molecular flexibility index (Phi) is 11.0. The van der Waals surface area contributed by atoms with Crippen molar-refractivity contribution in [3.05, 3.63) is 131 Å². The zero-order valence-corrected chi connectivity index (χ0v) is 34.4. The highest BCUT2D eigenvalue weighted by molar-refractivity contribution is 6.68. The zero-order valence-electron chi connectivity index (χ0n) is 33.6. The Morgan fingerprint density at radius 2 is 0.873 bits per heavy atom. The summed E-state index contributed by atoms with van der Waals surface area (Å²) in [5.41, 5.74) is 12.2. The number of benzene rings is 6. The summed E-state index contributed by atoms with van der Waals surface area (Å²) in [6, 6.07) is 38.4. The number of nitrogens with zero attached hydrogens (tertiary/aromatic N) is 1. The van der Waals surface area contributed by atoms with Crippen LogP contribution in [0.2, 0.25) is 5.02 Å². The Labute approximate surface area is 341 Å². The lowest BCUT2D eigenvalue weighted by Crippen LogP contribution is -2.55. The van der Waals surface area contributed by atoms with Crippen LogP contribution in [0.3, 0.4) is 0 Å². The van der Waals surface area contributed by atoms with Crippen molar-refractivity contribution in [2.75, 3.05) is 4.90 Å². The van der Waals surface area contributed by atoms with E-state index in [0.717, 1.165) is 39.3 Å². The maximum Gasteiger partial charge on any atom is 0.113 e. The molecule has 0 aliphatic heterocycles. The van der Waals surface area contributed by atoms with Crippen LogP contribution in [-0.4, -0.2) is 39.2 Å². The van der Waals surface area contributed by atoms with Crippen molar-refractivity contribution in [1.82, 2.24) is 0 Å². The van der Waals surface area contributed by atoms with Gasteiger partial charge in [-0.1, -0.05) is 158 Å². The maximum atomic E-state index is 7.73. The average Bonchev–Trinajstić information content (AvgIpc) is 3.14. The summed E-state index contributed by atoms with van der Waals surface area (Å²) in [7, 11) is 32.7. The van der Waals surface area contributed by atoms with Crippen LogP contribution >= 0.6 is 11.6 Å². The second-order valence-corrected chi connectivity index (χ2v) is 18.0. The fraction of sp³-hybridized carbons (Fsp3) is 0.250. The lowest BCUT2D eigenvalue weighted by molar-refractivity contribution is 0.590. The summed E-state index contributed by atoms with van der Waals surface area (Å²) in [6.45, 7) is 20.0. The molecule has 0 amide bonds. The molecule has 0 saturated carbocycles. The van der Waals surface area contributed by atoms with Crippen molar-refractivity contribution < 1.29 is 0 Å². The van der Waals surface area contributed by atoms with Gasteiger partial charge in [-0.15, -0.1) is 16.4 Å². The van der Waals surface area contributed by atoms with Gasteiger partial charge in [0.25, 0.3) is 0 Å². The first kappa shape index (κ1) is 40.4. The molecule has 0 bridgehead atoms. The summed E-state index contributed by atoms with van der Waals surface area (Å²) in [6.07, 6.45) is 0. The van der Waals surface area contributed by atoms with Gasteiger partial charge in [0.1, 0.15) is 39.2 Å². The van der Waals surface area contributed by atoms with Crippen molar-refractivity contribution in [3.63, 3.8) is 0 Å². The van der Waals surface area contributed by atoms with Crippen LogP contribution in [0.25, 0.3) is 33.4 Å². The van der Waals surface area contributed by atoms with Crippen molar-refractivity contribution in [2.24, 2.45) is 0 Å². The van der Waals surface area contributed by atoms with Crippen LogP contribution in [0, 0.1) is 0 Å². The first-order chi connectivity index (χ1) is 25.7. The van der Waals surface area contributed by atoms with Gasteiger partial charge in [-0.2, -0.15) is 0 Å². The molecule has 0 unspecified atom stereocenters. The molecule has 0 aliphatic rings. The monoisotopic (exact) mass is 725 g/mol. The summed E-state index contributed by atoms with van der Waals surface area (Å²) in [5.74, 6) is 0. The molecule has 0 atom stereocenters. The fourth-order valence-electron chi connectivity index (χ4n) is 7.00. The molecular weight excluding hydrogens is 680 g/mol. The molecule has 0 aromatic heterocycles. The molecule has 0 heterocycles. The third kappa shape index (κ3) is 8.04. The summed E-state index contributed by atoms with van der Waals surface area (Å²) >= 11 is 7.73. The van der Waals surface area contributed by atoms with E-state index in [9.17, 15) is 0 Å². The van der Waals surface area contributed by atoms with E-state index < -0.39 is 0 Å². The highest BCUT2D eigenvalue weighted by Gasteiger charge is 2.26. The fourth-order valence-corrected chi connectivity index (χ4v) is 7.30. The molecule has 0 aliphatic carbocycles. The predicted octanol–water partition coefficient (Wildman–Crippen LogP) is 8.67. The minimum atomic E-state index is -0.0880. The lowest BCUT2D eigenvalue weighted by Gasteiger charge is -2.32. The van der Waals surface area contributed by atoms with Gasteiger partial charge in [0.05, 0.1) is 16.4 Å². The summed E-state index contributed by atoms with van der Waals surface area (Å²) in [4.78, 5) is 2.23. The van der Waals surface area contributed by atoms with Gasteiger partial charge in [-0.25, -0.2) is 0 Å². The van der Waals surface area contributed by atoms with E-state index in [0.29, 0.717) is 16.1 Å². The van der Waals surface area contributed by atoms with Gasteiger partial charge in [0, 0.05) is 16.8 Å². The van der Waals surface area contributed by atoms with Crippen LogP contribution in [0.15, 0.2) is 109 Å². The topological polar surface area (TPSA) is 3.24 Å². The Bertz CT molecular complexity index is 2330. The minimum Gasteiger partial charge on any atom is -0.308 e. The highest BCUT2D eigenvalue weighted by atomic mass is 35.5. The SMILES string of the molecule is [B]c1c([B])c([B])c(-c2cc(-c3ccc(C(C)(C)C)cc3)c(Cl)c(N(c3ccc(C(C)(C)C)cc3)c3ccc(C(C)(C)C)cc3-c3ccccc3)c2)c([B])c1[B]. The number of halogens is 1. The first-order valence-corrected chi connectivity index (χ1v) is 19.1. The molecule has 1 nitrogen and oxygen atoms in total. The first-order valence-electron chi connectivity index (χ1n) is 18.7. The van der Waals surface area contributed by atoms with Gasteiger partial charge in [0.2, 0.25) is 0 Å². The minimum absolute atomic E-state index is 0.0274. The standard InChI is InChI=1S/C48H45B5ClN/c1-46(2,3)31-17-15-29(16-18-31)36-25-30(39-40(49)42(51)44(53)43(52)41(39)50)26-38(45(36)54)55(34-22-19-32(20-23-34)47(4,5)6)37-24-21-33(48(7,8)9)27-35(37)28-13-11-10-12-14-28/h10-27H,1-9H3. The number of rotatable bonds is 6. The van der Waals surface area contributed by atoms with Gasteiger partial charge in [0.15, 0.2) is 0 Å². The van der Waals surface area contributed by atoms with Gasteiger partial charge in [-0.05, 0) is 91.6 Å². The molecule has 0 fully saturated rings. The van der Waals surface area contributed by atoms with E-state index in [-0.39, 0.29) is 43.6 Å². The molecule has 0 N–H and O–H groups in total. The number of anilines is 3. The van der Waals surface area contributed by atoms with Gasteiger partial charge < -0.3 is 4.90 Å². The Morgan fingerprint density at radius 1 is 0.418 bits per heavy atom. The molecule has 7 heteroatoms. The van der Waals surface area contributed by atoms with Crippen molar-refractivity contribution in [3.8, 4) is 33.4 Å². The third-order valence-electron chi connectivity index (χ3n) is 10.5. The van der Waals surface area contributed by atoms with E-state index in [1.54, 1.807) is 0 Å². The van der Waals surface area contributed by atoms with Crippen molar-refractivity contribution in [1.29, 1.82) is 0 Å².